The molecule has 0 unspecified atom stereocenters. The average Bonchev–Trinajstić information content (AvgIpc) is 2.98. The predicted octanol–water partition coefficient (Wildman–Crippen LogP) is 0.881. The number of likely N-dealkylation sites (tertiary alicyclic amines) is 1. The highest BCUT2D eigenvalue weighted by molar-refractivity contribution is 5.85. The molecule has 0 bridgehead atoms. The van der Waals surface area contributed by atoms with Gasteiger partial charge in [-0.05, 0) is 38.8 Å². The van der Waals surface area contributed by atoms with Crippen LogP contribution in [0.25, 0.3) is 10.9 Å². The van der Waals surface area contributed by atoms with Gasteiger partial charge in [0.1, 0.15) is 6.54 Å². The van der Waals surface area contributed by atoms with Crippen LogP contribution in [0.15, 0.2) is 30.7 Å². The Balaban J connectivity index is 1.54. The van der Waals surface area contributed by atoms with E-state index in [4.69, 9.17) is 5.73 Å². The van der Waals surface area contributed by atoms with Crippen molar-refractivity contribution in [1.29, 1.82) is 0 Å². The van der Waals surface area contributed by atoms with Gasteiger partial charge in [-0.15, -0.1) is 0 Å². The number of nitrogens with zero attached hydrogens (tertiary/aromatic N) is 3. The molecule has 1 saturated heterocycles. The van der Waals surface area contributed by atoms with E-state index in [-0.39, 0.29) is 17.9 Å². The van der Waals surface area contributed by atoms with Crippen molar-refractivity contribution in [2.24, 2.45) is 5.73 Å². The normalized spacial score (nSPS) is 16.2. The van der Waals surface area contributed by atoms with E-state index in [1.165, 1.54) is 0 Å². The van der Waals surface area contributed by atoms with Gasteiger partial charge in [-0.1, -0.05) is 0 Å². The van der Waals surface area contributed by atoms with Crippen LogP contribution < -0.4 is 11.1 Å². The zero-order valence-corrected chi connectivity index (χ0v) is 14.7. The van der Waals surface area contributed by atoms with Crippen LogP contribution in [0.1, 0.15) is 26.7 Å². The van der Waals surface area contributed by atoms with Gasteiger partial charge in [-0.2, -0.15) is 0 Å². The quantitative estimate of drug-likeness (QED) is 0.862. The molecule has 1 aliphatic rings. The molecule has 3 N–H and O–H groups in total. The van der Waals surface area contributed by atoms with E-state index in [2.05, 4.69) is 10.3 Å². The van der Waals surface area contributed by atoms with Gasteiger partial charge in [0.05, 0.1) is 17.3 Å². The van der Waals surface area contributed by atoms with E-state index in [0.717, 1.165) is 23.7 Å². The Morgan fingerprint density at radius 3 is 2.72 bits per heavy atom. The first-order chi connectivity index (χ1) is 11.8. The molecule has 25 heavy (non-hydrogen) atoms. The maximum absolute atomic E-state index is 12.6. The van der Waals surface area contributed by atoms with Crippen molar-refractivity contribution in [2.45, 2.75) is 44.8 Å². The minimum Gasteiger partial charge on any atom is -0.352 e. The van der Waals surface area contributed by atoms with Crippen LogP contribution in [-0.2, 0) is 16.1 Å². The summed E-state index contributed by atoms with van der Waals surface area (Å²) in [5.74, 6) is -0.0612. The molecule has 2 aromatic rings. The molecule has 3 heterocycles. The molecule has 0 aliphatic carbocycles. The summed E-state index contributed by atoms with van der Waals surface area (Å²) in [6.07, 6.45) is 6.94. The maximum atomic E-state index is 12.6. The molecule has 2 amide bonds. The Labute approximate surface area is 147 Å². The summed E-state index contributed by atoms with van der Waals surface area (Å²) in [4.78, 5) is 30.5. The molecule has 0 aromatic carbocycles. The molecular weight excluding hydrogens is 318 g/mol. The number of pyridine rings is 1. The number of carbonyl (C=O) groups excluding carboxylic acids is 2. The second-order valence-corrected chi connectivity index (χ2v) is 7.23. The van der Waals surface area contributed by atoms with Crippen molar-refractivity contribution >= 4 is 22.7 Å². The summed E-state index contributed by atoms with van der Waals surface area (Å²) in [6.45, 7) is 4.98. The Kier molecular flexibility index (Phi) is 4.76. The highest BCUT2D eigenvalue weighted by Gasteiger charge is 2.28. The Bertz CT molecular complexity index is 769. The minimum absolute atomic E-state index is 0.0796. The largest absolute Gasteiger partial charge is 0.352 e. The number of hydrogen-bond acceptors (Lipinski definition) is 4. The molecule has 7 nitrogen and oxygen atoms in total. The smallest absolute Gasteiger partial charge is 0.242 e. The molecule has 3 rings (SSSR count). The van der Waals surface area contributed by atoms with E-state index in [0.29, 0.717) is 19.6 Å². The van der Waals surface area contributed by atoms with Gasteiger partial charge in [-0.25, -0.2) is 0 Å². The van der Waals surface area contributed by atoms with Gasteiger partial charge >= 0.3 is 0 Å². The van der Waals surface area contributed by atoms with E-state index < -0.39 is 5.54 Å². The van der Waals surface area contributed by atoms with Crippen molar-refractivity contribution < 1.29 is 9.59 Å². The van der Waals surface area contributed by atoms with E-state index >= 15 is 0 Å². The lowest BCUT2D eigenvalue weighted by Crippen LogP contribution is -2.54. The van der Waals surface area contributed by atoms with Crippen LogP contribution in [0.3, 0.4) is 0 Å². The molecule has 0 radical (unpaired) electrons. The highest BCUT2D eigenvalue weighted by atomic mass is 16.2. The number of nitrogens with one attached hydrogen (secondary N) is 1. The summed E-state index contributed by atoms with van der Waals surface area (Å²) in [7, 11) is 0. The van der Waals surface area contributed by atoms with Crippen LogP contribution in [0.2, 0.25) is 0 Å². The standard InChI is InChI=1S/C18H25N5O2/c1-18(2,19)17(25)21-14-5-9-22(10-6-14)16(24)12-23-8-4-13-3-7-20-11-15(13)23/h3-4,7-8,11,14H,5-6,9-10,12,19H2,1-2H3,(H,21,25). The third kappa shape index (κ3) is 3.99. The van der Waals surface area contributed by atoms with Gasteiger partial charge in [0.25, 0.3) is 0 Å². The number of aromatic nitrogens is 2. The number of nitrogens with two attached hydrogens (primary N) is 1. The first-order valence-electron chi connectivity index (χ1n) is 8.61. The number of piperidine rings is 1. The lowest BCUT2D eigenvalue weighted by atomic mass is 10.0. The van der Waals surface area contributed by atoms with E-state index in [1.807, 2.05) is 27.8 Å². The van der Waals surface area contributed by atoms with Gasteiger partial charge in [0.2, 0.25) is 11.8 Å². The molecule has 1 aliphatic heterocycles. The Morgan fingerprint density at radius 2 is 2.04 bits per heavy atom. The fraction of sp³-hybridized carbons (Fsp3) is 0.500. The zero-order chi connectivity index (χ0) is 18.0. The second-order valence-electron chi connectivity index (χ2n) is 7.23. The van der Waals surface area contributed by atoms with Gasteiger partial charge < -0.3 is 20.5 Å². The lowest BCUT2D eigenvalue weighted by Gasteiger charge is -2.33. The monoisotopic (exact) mass is 343 g/mol. The summed E-state index contributed by atoms with van der Waals surface area (Å²) in [5.41, 5.74) is 5.89. The number of hydrogen-bond donors (Lipinski definition) is 2. The molecule has 2 aromatic heterocycles. The molecule has 7 heteroatoms. The number of rotatable bonds is 4. The summed E-state index contributed by atoms with van der Waals surface area (Å²) in [6, 6.07) is 4.00. The van der Waals surface area contributed by atoms with Crippen molar-refractivity contribution in [3.8, 4) is 0 Å². The molecule has 1 fully saturated rings. The summed E-state index contributed by atoms with van der Waals surface area (Å²) >= 11 is 0. The maximum Gasteiger partial charge on any atom is 0.242 e. The molecule has 0 spiro atoms. The first kappa shape index (κ1) is 17.4. The Morgan fingerprint density at radius 1 is 1.32 bits per heavy atom. The zero-order valence-electron chi connectivity index (χ0n) is 14.7. The van der Waals surface area contributed by atoms with Crippen LogP contribution in [-0.4, -0.2) is 50.9 Å². The van der Waals surface area contributed by atoms with Crippen molar-refractivity contribution in [2.75, 3.05) is 13.1 Å². The summed E-state index contributed by atoms with van der Waals surface area (Å²) in [5, 5.41) is 4.05. The fourth-order valence-corrected chi connectivity index (χ4v) is 3.06. The highest BCUT2D eigenvalue weighted by Crippen LogP contribution is 2.16. The SMILES string of the molecule is CC(C)(N)C(=O)NC1CCN(C(=O)Cn2ccc3ccncc32)CC1. The van der Waals surface area contributed by atoms with Crippen LogP contribution in [0.5, 0.6) is 0 Å². The van der Waals surface area contributed by atoms with E-state index in [9.17, 15) is 9.59 Å². The molecule has 0 atom stereocenters. The first-order valence-corrected chi connectivity index (χ1v) is 8.61. The molecular formula is C18H25N5O2. The fourth-order valence-electron chi connectivity index (χ4n) is 3.06. The average molecular weight is 343 g/mol. The number of amides is 2. The van der Waals surface area contributed by atoms with Gasteiger partial charge in [0.15, 0.2) is 0 Å². The molecule has 134 valence electrons. The third-order valence-corrected chi connectivity index (χ3v) is 4.65. The van der Waals surface area contributed by atoms with Gasteiger partial charge in [-0.3, -0.25) is 14.6 Å². The number of fused-ring (bicyclic) bond motifs is 1. The predicted molar refractivity (Wildman–Crippen MR) is 95.7 cm³/mol. The third-order valence-electron chi connectivity index (χ3n) is 4.65. The van der Waals surface area contributed by atoms with Crippen molar-refractivity contribution in [1.82, 2.24) is 19.8 Å². The Hall–Kier alpha value is -2.41. The second kappa shape index (κ2) is 6.84. The van der Waals surface area contributed by atoms with Crippen LogP contribution in [0.4, 0.5) is 0 Å². The topological polar surface area (TPSA) is 93.3 Å². The minimum atomic E-state index is -0.879. The van der Waals surface area contributed by atoms with E-state index in [1.54, 1.807) is 26.2 Å². The van der Waals surface area contributed by atoms with Crippen molar-refractivity contribution in [3.63, 3.8) is 0 Å². The summed E-state index contributed by atoms with van der Waals surface area (Å²) < 4.78 is 1.93. The molecule has 0 saturated carbocycles. The van der Waals surface area contributed by atoms with Crippen LogP contribution >= 0.6 is 0 Å². The van der Waals surface area contributed by atoms with Crippen molar-refractivity contribution in [3.05, 3.63) is 30.7 Å². The number of carbonyl (C=O) groups is 2. The van der Waals surface area contributed by atoms with Crippen LogP contribution in [0, 0.1) is 0 Å². The van der Waals surface area contributed by atoms with Gasteiger partial charge in [0, 0.05) is 36.9 Å². The lowest BCUT2D eigenvalue weighted by molar-refractivity contribution is -0.133.